The molecule has 1 spiro atoms. The summed E-state index contributed by atoms with van der Waals surface area (Å²) in [5, 5.41) is 5.12. The number of rotatable bonds is 4. The molecule has 3 unspecified atom stereocenters. The average molecular weight is 559 g/mol. The molecular formula is C28H29F3N4O5. The Balaban J connectivity index is 1.36. The van der Waals surface area contributed by atoms with Crippen LogP contribution in [0, 0.1) is 6.92 Å². The van der Waals surface area contributed by atoms with Gasteiger partial charge in [-0.1, -0.05) is 12.1 Å². The van der Waals surface area contributed by atoms with Crippen molar-refractivity contribution in [1.29, 1.82) is 0 Å². The van der Waals surface area contributed by atoms with Gasteiger partial charge in [-0.25, -0.2) is 14.5 Å². The second-order valence-corrected chi connectivity index (χ2v) is 10.5. The molecule has 9 nitrogen and oxygen atoms in total. The number of fused-ring (bicyclic) bond motifs is 2. The summed E-state index contributed by atoms with van der Waals surface area (Å²) >= 11 is 0. The van der Waals surface area contributed by atoms with Crippen LogP contribution in [0.4, 0.5) is 28.4 Å². The summed E-state index contributed by atoms with van der Waals surface area (Å²) in [5.74, 6) is -1.12. The number of halogens is 3. The summed E-state index contributed by atoms with van der Waals surface area (Å²) in [6, 6.07) is 7.32. The lowest BCUT2D eigenvalue weighted by atomic mass is 9.94. The van der Waals surface area contributed by atoms with Gasteiger partial charge in [0, 0.05) is 30.8 Å². The molecule has 212 valence electrons. The van der Waals surface area contributed by atoms with Gasteiger partial charge in [0.1, 0.15) is 6.54 Å². The number of alkyl halides is 3. The molecule has 2 heterocycles. The third-order valence-corrected chi connectivity index (χ3v) is 8.05. The van der Waals surface area contributed by atoms with Crippen LogP contribution in [-0.2, 0) is 32.5 Å². The molecule has 0 saturated carbocycles. The van der Waals surface area contributed by atoms with Crippen LogP contribution in [0.25, 0.3) is 0 Å². The summed E-state index contributed by atoms with van der Waals surface area (Å²) in [6.07, 6.45) is -3.60. The van der Waals surface area contributed by atoms with E-state index in [2.05, 4.69) is 10.6 Å². The molecule has 3 atom stereocenters. The highest BCUT2D eigenvalue weighted by molar-refractivity contribution is 6.06. The van der Waals surface area contributed by atoms with Crippen LogP contribution in [0.15, 0.2) is 36.4 Å². The molecule has 2 aromatic carbocycles. The maximum Gasteiger partial charge on any atom is 0.418 e. The molecule has 0 aromatic heterocycles. The monoisotopic (exact) mass is 558 g/mol. The minimum Gasteiger partial charge on any atom is -0.427 e. The minimum atomic E-state index is -4.48. The van der Waals surface area contributed by atoms with E-state index in [0.29, 0.717) is 41.6 Å². The SMILES string of the molecule is CNC(=O)Nc1ccc2c(c1)CCC21OC(=O)N(CC(=O)N2C(C)CCC2c2ccc(C(F)(F)F)cc2C)C1=O. The number of nitrogens with zero attached hydrogens (tertiary/aromatic N) is 2. The lowest BCUT2D eigenvalue weighted by Gasteiger charge is -2.31. The van der Waals surface area contributed by atoms with Gasteiger partial charge < -0.3 is 20.3 Å². The van der Waals surface area contributed by atoms with Crippen molar-refractivity contribution in [3.8, 4) is 0 Å². The summed E-state index contributed by atoms with van der Waals surface area (Å²) in [4.78, 5) is 54.1. The molecule has 2 fully saturated rings. The first-order chi connectivity index (χ1) is 18.9. The number of likely N-dealkylation sites (tertiary alicyclic amines) is 1. The van der Waals surface area contributed by atoms with Gasteiger partial charge in [0.05, 0.1) is 11.6 Å². The highest BCUT2D eigenvalue weighted by Crippen LogP contribution is 2.46. The Morgan fingerprint density at radius 3 is 2.55 bits per heavy atom. The first-order valence-electron chi connectivity index (χ1n) is 13.0. The normalized spacial score (nSPS) is 23.9. The van der Waals surface area contributed by atoms with Crippen LogP contribution in [-0.4, -0.2) is 53.4 Å². The number of nitrogens with one attached hydrogen (secondary N) is 2. The number of urea groups is 1. The number of hydrogen-bond acceptors (Lipinski definition) is 5. The Hall–Kier alpha value is -4.09. The highest BCUT2D eigenvalue weighted by Gasteiger charge is 2.58. The van der Waals surface area contributed by atoms with Gasteiger partial charge in [0.15, 0.2) is 0 Å². The molecule has 0 bridgehead atoms. The van der Waals surface area contributed by atoms with Gasteiger partial charge in [-0.3, -0.25) is 9.59 Å². The van der Waals surface area contributed by atoms with Crippen molar-refractivity contribution >= 4 is 29.6 Å². The smallest absolute Gasteiger partial charge is 0.418 e. The van der Waals surface area contributed by atoms with Crippen molar-refractivity contribution in [1.82, 2.24) is 15.1 Å². The lowest BCUT2D eigenvalue weighted by molar-refractivity contribution is -0.143. The third-order valence-electron chi connectivity index (χ3n) is 8.05. The number of carbonyl (C=O) groups is 4. The van der Waals surface area contributed by atoms with Crippen LogP contribution < -0.4 is 10.6 Å². The van der Waals surface area contributed by atoms with Gasteiger partial charge in [-0.15, -0.1) is 0 Å². The lowest BCUT2D eigenvalue weighted by Crippen LogP contribution is -2.46. The Labute approximate surface area is 228 Å². The molecule has 2 N–H and O–H groups in total. The van der Waals surface area contributed by atoms with Crippen LogP contribution in [0.3, 0.4) is 0 Å². The molecule has 3 aliphatic rings. The van der Waals surface area contributed by atoms with Crippen molar-refractivity contribution in [2.75, 3.05) is 18.9 Å². The topological polar surface area (TPSA) is 108 Å². The van der Waals surface area contributed by atoms with E-state index in [1.807, 2.05) is 6.92 Å². The number of anilines is 1. The molecular weight excluding hydrogens is 529 g/mol. The first kappa shape index (κ1) is 27.5. The number of imide groups is 1. The predicted molar refractivity (Wildman–Crippen MR) is 137 cm³/mol. The van der Waals surface area contributed by atoms with Gasteiger partial charge in [0.2, 0.25) is 11.5 Å². The molecule has 12 heteroatoms. The zero-order chi connectivity index (χ0) is 29.0. The van der Waals surface area contributed by atoms with Gasteiger partial charge in [0.25, 0.3) is 5.91 Å². The molecule has 2 saturated heterocycles. The summed E-state index contributed by atoms with van der Waals surface area (Å²) in [6.45, 7) is 2.88. The number of carbonyl (C=O) groups excluding carboxylic acids is 4. The first-order valence-corrected chi connectivity index (χ1v) is 13.0. The van der Waals surface area contributed by atoms with Crippen LogP contribution in [0.2, 0.25) is 0 Å². The fourth-order valence-corrected chi connectivity index (χ4v) is 6.08. The second-order valence-electron chi connectivity index (χ2n) is 10.5. The zero-order valence-electron chi connectivity index (χ0n) is 22.2. The van der Waals surface area contributed by atoms with Crippen molar-refractivity contribution in [2.45, 2.75) is 63.4 Å². The summed E-state index contributed by atoms with van der Waals surface area (Å²) < 4.78 is 45.2. The Morgan fingerprint density at radius 2 is 1.88 bits per heavy atom. The largest absolute Gasteiger partial charge is 0.427 e. The number of aryl methyl sites for hydroxylation is 2. The van der Waals surface area contributed by atoms with Crippen molar-refractivity contribution < 1.29 is 37.1 Å². The zero-order valence-corrected chi connectivity index (χ0v) is 22.2. The van der Waals surface area contributed by atoms with Gasteiger partial charge >= 0.3 is 18.3 Å². The molecule has 5 amide bonds. The van der Waals surface area contributed by atoms with E-state index in [-0.39, 0.29) is 12.5 Å². The molecule has 0 radical (unpaired) electrons. The molecule has 40 heavy (non-hydrogen) atoms. The van der Waals surface area contributed by atoms with Crippen molar-refractivity contribution in [2.24, 2.45) is 0 Å². The van der Waals surface area contributed by atoms with Gasteiger partial charge in [-0.2, -0.15) is 13.2 Å². The van der Waals surface area contributed by atoms with E-state index >= 15 is 0 Å². The minimum absolute atomic E-state index is 0.203. The maximum atomic E-state index is 13.6. The van der Waals surface area contributed by atoms with E-state index in [1.54, 1.807) is 30.0 Å². The number of hydrogen-bond donors (Lipinski definition) is 2. The summed E-state index contributed by atoms with van der Waals surface area (Å²) in [7, 11) is 1.49. The predicted octanol–water partition coefficient (Wildman–Crippen LogP) is 4.64. The summed E-state index contributed by atoms with van der Waals surface area (Å²) in [5.41, 5.74) is 0.482. The standard InChI is InChI=1S/C28H29F3N4O5/c1-15-12-18(28(29,30)31)5-7-20(15)22-9-4-16(2)35(22)23(36)14-34-24(37)27(40-26(34)39)11-10-17-13-19(6-8-21(17)27)33-25(38)32-3/h5-8,12-13,16,22H,4,9-11,14H2,1-3H3,(H2,32,33,38). The molecule has 2 aliphatic heterocycles. The van der Waals surface area contributed by atoms with E-state index < -0.39 is 53.9 Å². The Kier molecular flexibility index (Phi) is 6.75. The van der Waals surface area contributed by atoms with Crippen molar-refractivity contribution in [3.63, 3.8) is 0 Å². The Morgan fingerprint density at radius 1 is 1.12 bits per heavy atom. The van der Waals surface area contributed by atoms with Crippen molar-refractivity contribution in [3.05, 3.63) is 64.2 Å². The fourth-order valence-electron chi connectivity index (χ4n) is 6.08. The van der Waals surface area contributed by atoms with Gasteiger partial charge in [-0.05, 0) is 74.1 Å². The van der Waals surface area contributed by atoms with E-state index in [4.69, 9.17) is 4.74 Å². The van der Waals surface area contributed by atoms with Crippen LogP contribution in [0.1, 0.15) is 60.0 Å². The molecule has 1 aliphatic carbocycles. The van der Waals surface area contributed by atoms with Crippen LogP contribution >= 0.6 is 0 Å². The van der Waals surface area contributed by atoms with E-state index in [1.165, 1.54) is 13.1 Å². The number of ether oxygens (including phenoxy) is 1. The number of benzene rings is 2. The maximum absolute atomic E-state index is 13.6. The number of amides is 5. The average Bonchev–Trinajstić information content (AvgIpc) is 3.53. The molecule has 2 aromatic rings. The Bertz CT molecular complexity index is 1410. The van der Waals surface area contributed by atoms with E-state index in [0.717, 1.165) is 22.6 Å². The van der Waals surface area contributed by atoms with E-state index in [9.17, 15) is 32.3 Å². The quantitative estimate of drug-likeness (QED) is 0.569. The third kappa shape index (κ3) is 4.54. The van der Waals surface area contributed by atoms with Crippen LogP contribution in [0.5, 0.6) is 0 Å². The fraction of sp³-hybridized carbons (Fsp3) is 0.429. The molecule has 5 rings (SSSR count). The second kappa shape index (κ2) is 9.83. The highest BCUT2D eigenvalue weighted by atomic mass is 19.4.